The van der Waals surface area contributed by atoms with Gasteiger partial charge in [-0.25, -0.2) is 9.69 Å². The highest BCUT2D eigenvalue weighted by Crippen LogP contribution is 2.38. The summed E-state index contributed by atoms with van der Waals surface area (Å²) in [4.78, 5) is 27.6. The molecule has 0 saturated carbocycles. The summed E-state index contributed by atoms with van der Waals surface area (Å²) in [5, 5.41) is 2.92. The van der Waals surface area contributed by atoms with Crippen molar-refractivity contribution in [1.29, 1.82) is 0 Å². The van der Waals surface area contributed by atoms with Crippen LogP contribution in [-0.4, -0.2) is 39.2 Å². The number of fused-ring (bicyclic) bond motifs is 2. The number of benzene rings is 2. The summed E-state index contributed by atoms with van der Waals surface area (Å²) in [6.07, 6.45) is 1.25. The molecule has 2 N–H and O–H groups in total. The summed E-state index contributed by atoms with van der Waals surface area (Å²) in [6, 6.07) is 13.6. The maximum Gasteiger partial charge on any atom is 0.418 e. The molecule has 150 valence electrons. The van der Waals surface area contributed by atoms with Crippen molar-refractivity contribution in [2.24, 2.45) is 0 Å². The highest BCUT2D eigenvalue weighted by atomic mass is 35.5. The molecule has 7 heteroatoms. The van der Waals surface area contributed by atoms with Crippen LogP contribution in [0.5, 0.6) is 0 Å². The molecule has 0 spiro atoms. The second-order valence-electron chi connectivity index (χ2n) is 6.94. The summed E-state index contributed by atoms with van der Waals surface area (Å²) in [6.45, 7) is 2.47. The zero-order valence-corrected chi connectivity index (χ0v) is 17.2. The average Bonchev–Trinajstić information content (AvgIpc) is 2.77. The van der Waals surface area contributed by atoms with Gasteiger partial charge in [0.2, 0.25) is 0 Å². The Balaban J connectivity index is 0.00000280. The normalized spacial score (nSPS) is 12.4. The van der Waals surface area contributed by atoms with Gasteiger partial charge >= 0.3 is 6.09 Å². The SMILES string of the molecule is CCOC(=O)N1c2ccccc2CCc2ccc(NC(=O)C[NH+](C)C)cc21.[Cl-]. The first-order valence-corrected chi connectivity index (χ1v) is 9.26. The third kappa shape index (κ3) is 4.82. The minimum absolute atomic E-state index is 0. The van der Waals surface area contributed by atoms with Gasteiger partial charge in [-0.15, -0.1) is 0 Å². The quantitative estimate of drug-likeness (QED) is 0.700. The lowest BCUT2D eigenvalue weighted by Crippen LogP contribution is -3.06. The van der Waals surface area contributed by atoms with Gasteiger partial charge in [-0.3, -0.25) is 4.79 Å². The Bertz CT molecular complexity index is 855. The number of rotatable bonds is 4. The molecular weight excluding hydrogens is 378 g/mol. The number of para-hydroxylation sites is 1. The Kier molecular flexibility index (Phi) is 7.43. The lowest BCUT2D eigenvalue weighted by atomic mass is 10.0. The number of nitrogens with zero attached hydrogens (tertiary/aromatic N) is 1. The maximum atomic E-state index is 12.8. The van der Waals surface area contributed by atoms with E-state index in [0.717, 1.165) is 40.2 Å². The Morgan fingerprint density at radius 3 is 2.43 bits per heavy atom. The number of quaternary nitrogens is 1. The van der Waals surface area contributed by atoms with E-state index in [0.29, 0.717) is 18.8 Å². The molecule has 0 unspecified atom stereocenters. The zero-order valence-electron chi connectivity index (χ0n) is 16.4. The van der Waals surface area contributed by atoms with Crippen molar-refractivity contribution in [2.45, 2.75) is 19.8 Å². The molecular formula is C21H26ClN3O3. The van der Waals surface area contributed by atoms with E-state index in [1.54, 1.807) is 11.8 Å². The lowest BCUT2D eigenvalue weighted by Gasteiger charge is -2.24. The average molecular weight is 404 g/mol. The Morgan fingerprint density at radius 1 is 1.07 bits per heavy atom. The van der Waals surface area contributed by atoms with Crippen molar-refractivity contribution in [3.63, 3.8) is 0 Å². The molecule has 2 amide bonds. The van der Waals surface area contributed by atoms with Crippen LogP contribution in [0.1, 0.15) is 18.1 Å². The highest BCUT2D eigenvalue weighted by molar-refractivity contribution is 6.00. The number of anilines is 3. The van der Waals surface area contributed by atoms with E-state index in [1.807, 2.05) is 56.6 Å². The predicted octanol–water partition coefficient (Wildman–Crippen LogP) is -0.833. The number of amides is 2. The number of carbonyl (C=O) groups is 2. The zero-order chi connectivity index (χ0) is 19.4. The standard InChI is InChI=1S/C21H25N3O3.ClH/c1-4-27-21(26)24-18-8-6-5-7-15(18)9-10-16-11-12-17(13-19(16)24)22-20(25)14-23(2)3;/h5-8,11-13H,4,9-10,14H2,1-3H3,(H,22,25);1H. The van der Waals surface area contributed by atoms with Gasteiger partial charge in [0.1, 0.15) is 0 Å². The number of halogens is 1. The van der Waals surface area contributed by atoms with Crippen LogP contribution in [0, 0.1) is 0 Å². The Morgan fingerprint density at radius 2 is 1.75 bits per heavy atom. The van der Waals surface area contributed by atoms with Crippen LogP contribution in [0.25, 0.3) is 0 Å². The van der Waals surface area contributed by atoms with E-state index < -0.39 is 6.09 Å². The maximum absolute atomic E-state index is 12.8. The molecule has 6 nitrogen and oxygen atoms in total. The monoisotopic (exact) mass is 403 g/mol. The summed E-state index contributed by atoms with van der Waals surface area (Å²) in [5.74, 6) is -0.0633. The first kappa shape index (κ1) is 21.7. The van der Waals surface area contributed by atoms with Gasteiger partial charge in [-0.1, -0.05) is 24.3 Å². The summed E-state index contributed by atoms with van der Waals surface area (Å²) in [5.41, 5.74) is 4.41. The van der Waals surface area contributed by atoms with Gasteiger partial charge in [0, 0.05) is 5.69 Å². The molecule has 1 aliphatic rings. The van der Waals surface area contributed by atoms with Crippen LogP contribution < -0.4 is 27.5 Å². The minimum atomic E-state index is -0.408. The summed E-state index contributed by atoms with van der Waals surface area (Å²) in [7, 11) is 3.85. The van der Waals surface area contributed by atoms with Gasteiger partial charge in [-0.05, 0) is 49.1 Å². The topological polar surface area (TPSA) is 63.1 Å². The first-order valence-electron chi connectivity index (χ1n) is 9.26. The molecule has 0 radical (unpaired) electrons. The molecule has 3 rings (SSSR count). The third-order valence-corrected chi connectivity index (χ3v) is 4.47. The second kappa shape index (κ2) is 9.57. The van der Waals surface area contributed by atoms with Crippen LogP contribution in [0.3, 0.4) is 0 Å². The molecule has 0 aromatic heterocycles. The number of hydrogen-bond donors (Lipinski definition) is 2. The van der Waals surface area contributed by atoms with Crippen LogP contribution in [0.4, 0.5) is 21.9 Å². The van der Waals surface area contributed by atoms with E-state index in [-0.39, 0.29) is 18.3 Å². The summed E-state index contributed by atoms with van der Waals surface area (Å²) >= 11 is 0. The number of hydrogen-bond acceptors (Lipinski definition) is 3. The largest absolute Gasteiger partial charge is 1.00 e. The minimum Gasteiger partial charge on any atom is -1.00 e. The van der Waals surface area contributed by atoms with Crippen molar-refractivity contribution in [3.8, 4) is 0 Å². The van der Waals surface area contributed by atoms with Crippen LogP contribution in [0.2, 0.25) is 0 Å². The fourth-order valence-corrected chi connectivity index (χ4v) is 3.31. The summed E-state index contributed by atoms with van der Waals surface area (Å²) < 4.78 is 5.32. The van der Waals surface area contributed by atoms with Gasteiger partial charge in [0.05, 0.1) is 32.1 Å². The number of nitrogens with one attached hydrogen (secondary N) is 2. The number of carbonyl (C=O) groups excluding carboxylic acids is 2. The van der Waals surface area contributed by atoms with Crippen LogP contribution in [0.15, 0.2) is 42.5 Å². The molecule has 0 saturated heterocycles. The van der Waals surface area contributed by atoms with Crippen LogP contribution >= 0.6 is 0 Å². The number of ether oxygens (including phenoxy) is 1. The van der Waals surface area contributed by atoms with Gasteiger partial charge in [-0.2, -0.15) is 0 Å². The predicted molar refractivity (Wildman–Crippen MR) is 106 cm³/mol. The Labute approximate surface area is 171 Å². The lowest BCUT2D eigenvalue weighted by molar-refractivity contribution is -0.849. The van der Waals surface area contributed by atoms with Crippen molar-refractivity contribution in [3.05, 3.63) is 53.6 Å². The number of aryl methyl sites for hydroxylation is 2. The Hall–Kier alpha value is -2.57. The van der Waals surface area contributed by atoms with E-state index >= 15 is 0 Å². The van der Waals surface area contributed by atoms with E-state index in [2.05, 4.69) is 5.32 Å². The first-order chi connectivity index (χ1) is 13.0. The van der Waals surface area contributed by atoms with Gasteiger partial charge < -0.3 is 27.4 Å². The molecule has 0 atom stereocenters. The van der Waals surface area contributed by atoms with Gasteiger partial charge in [0.15, 0.2) is 6.54 Å². The molecule has 0 fully saturated rings. The molecule has 28 heavy (non-hydrogen) atoms. The van der Waals surface area contributed by atoms with Crippen molar-refractivity contribution in [2.75, 3.05) is 37.5 Å². The van der Waals surface area contributed by atoms with Gasteiger partial charge in [0.25, 0.3) is 5.91 Å². The number of likely N-dealkylation sites (N-methyl/N-ethyl adjacent to an activating group) is 1. The fourth-order valence-electron chi connectivity index (χ4n) is 3.31. The van der Waals surface area contributed by atoms with Crippen LogP contribution in [-0.2, 0) is 22.4 Å². The van der Waals surface area contributed by atoms with Crippen molar-refractivity contribution in [1.82, 2.24) is 0 Å². The molecule has 0 bridgehead atoms. The van der Waals surface area contributed by atoms with E-state index in [1.165, 1.54) is 0 Å². The molecule has 2 aromatic rings. The molecule has 0 aliphatic carbocycles. The third-order valence-electron chi connectivity index (χ3n) is 4.47. The van der Waals surface area contributed by atoms with Crippen molar-refractivity contribution >= 4 is 29.1 Å². The molecule has 1 heterocycles. The highest BCUT2D eigenvalue weighted by Gasteiger charge is 2.27. The molecule has 2 aromatic carbocycles. The molecule has 1 aliphatic heterocycles. The second-order valence-corrected chi connectivity index (χ2v) is 6.94. The fraction of sp³-hybridized carbons (Fsp3) is 0.333. The van der Waals surface area contributed by atoms with E-state index in [9.17, 15) is 9.59 Å². The van der Waals surface area contributed by atoms with E-state index in [4.69, 9.17) is 4.74 Å². The smallest absolute Gasteiger partial charge is 0.418 e. The van der Waals surface area contributed by atoms with Crippen molar-refractivity contribution < 1.29 is 31.6 Å².